The van der Waals surface area contributed by atoms with E-state index in [9.17, 15) is 14.4 Å². The molecule has 8 heteroatoms. The first kappa shape index (κ1) is 17.3. The molecule has 0 radical (unpaired) electrons. The highest BCUT2D eigenvalue weighted by atomic mass is 16.3. The average Bonchev–Trinajstić information content (AvgIpc) is 3.04. The molecule has 2 heterocycles. The van der Waals surface area contributed by atoms with E-state index in [1.54, 1.807) is 6.07 Å². The van der Waals surface area contributed by atoms with Crippen molar-refractivity contribution in [1.82, 2.24) is 20.2 Å². The number of hydrogen-bond acceptors (Lipinski definition) is 5. The van der Waals surface area contributed by atoms with E-state index in [4.69, 9.17) is 4.42 Å². The summed E-state index contributed by atoms with van der Waals surface area (Å²) in [6, 6.07) is 6.79. The first-order valence-electron chi connectivity index (χ1n) is 9.09. The second-order valence-corrected chi connectivity index (χ2v) is 6.81. The van der Waals surface area contributed by atoms with E-state index < -0.39 is 17.5 Å². The molecule has 3 aromatic rings. The van der Waals surface area contributed by atoms with Crippen LogP contribution in [0.3, 0.4) is 0 Å². The van der Waals surface area contributed by atoms with Gasteiger partial charge in [-0.2, -0.15) is 0 Å². The summed E-state index contributed by atoms with van der Waals surface area (Å²) < 4.78 is 6.71. The number of urea groups is 1. The summed E-state index contributed by atoms with van der Waals surface area (Å²) in [5.41, 5.74) is 0.658. The molecule has 8 nitrogen and oxygen atoms in total. The first-order valence-corrected chi connectivity index (χ1v) is 9.09. The predicted molar refractivity (Wildman–Crippen MR) is 99.3 cm³/mol. The standard InChI is InChI=1S/C19H20N4O4/c24-15(22-19(26)21-12-6-2-1-3-7-12)10-23-11-20-16-13-8-4-5-9-14(13)27-17(16)18(23)25/h4-5,8-9,11-12H,1-3,6-7,10H2,(H2,21,22,24,26). The number of rotatable bonds is 3. The van der Waals surface area contributed by atoms with Crippen LogP contribution < -0.4 is 16.2 Å². The first-order chi connectivity index (χ1) is 13.1. The Morgan fingerprint density at radius 3 is 2.78 bits per heavy atom. The lowest BCUT2D eigenvalue weighted by molar-refractivity contribution is -0.120. The van der Waals surface area contributed by atoms with Crippen molar-refractivity contribution in [3.63, 3.8) is 0 Å². The lowest BCUT2D eigenvalue weighted by Crippen LogP contribution is -2.46. The number of hydrogen-bond donors (Lipinski definition) is 2. The highest BCUT2D eigenvalue weighted by molar-refractivity contribution is 6.01. The Morgan fingerprint density at radius 1 is 1.19 bits per heavy atom. The van der Waals surface area contributed by atoms with E-state index >= 15 is 0 Å². The van der Waals surface area contributed by atoms with E-state index in [1.165, 1.54) is 12.7 Å². The Hall–Kier alpha value is -3.16. The smallest absolute Gasteiger partial charge is 0.321 e. The molecular weight excluding hydrogens is 348 g/mol. The zero-order valence-electron chi connectivity index (χ0n) is 14.7. The third-order valence-corrected chi connectivity index (χ3v) is 4.86. The quantitative estimate of drug-likeness (QED) is 0.738. The van der Waals surface area contributed by atoms with Gasteiger partial charge in [-0.3, -0.25) is 19.5 Å². The Bertz CT molecular complexity index is 1060. The van der Waals surface area contributed by atoms with Gasteiger partial charge in [-0.25, -0.2) is 9.78 Å². The summed E-state index contributed by atoms with van der Waals surface area (Å²) in [7, 11) is 0. The van der Waals surface area contributed by atoms with Crippen LogP contribution >= 0.6 is 0 Å². The van der Waals surface area contributed by atoms with Crippen molar-refractivity contribution in [2.24, 2.45) is 0 Å². The van der Waals surface area contributed by atoms with Gasteiger partial charge < -0.3 is 9.73 Å². The molecule has 0 bridgehead atoms. The number of imide groups is 1. The average molecular weight is 368 g/mol. The normalized spacial score (nSPS) is 15.1. The van der Waals surface area contributed by atoms with Gasteiger partial charge in [0.05, 0.1) is 6.33 Å². The van der Waals surface area contributed by atoms with Gasteiger partial charge in [0, 0.05) is 11.4 Å². The van der Waals surface area contributed by atoms with Gasteiger partial charge in [0.1, 0.15) is 17.6 Å². The number of para-hydroxylation sites is 1. The number of carbonyl (C=O) groups excluding carboxylic acids is 2. The van der Waals surface area contributed by atoms with Crippen LogP contribution in [-0.4, -0.2) is 27.5 Å². The molecule has 1 aromatic carbocycles. The summed E-state index contributed by atoms with van der Waals surface area (Å²) in [4.78, 5) is 40.9. The highest BCUT2D eigenvalue weighted by Gasteiger charge is 2.18. The molecule has 1 saturated carbocycles. The number of nitrogens with zero attached hydrogens (tertiary/aromatic N) is 2. The van der Waals surface area contributed by atoms with Gasteiger partial charge in [-0.1, -0.05) is 31.4 Å². The van der Waals surface area contributed by atoms with E-state index in [0.29, 0.717) is 11.1 Å². The summed E-state index contributed by atoms with van der Waals surface area (Å²) in [6.07, 6.45) is 6.49. The van der Waals surface area contributed by atoms with E-state index in [0.717, 1.165) is 35.6 Å². The monoisotopic (exact) mass is 368 g/mol. The number of fused-ring (bicyclic) bond motifs is 3. The highest BCUT2D eigenvalue weighted by Crippen LogP contribution is 2.24. The van der Waals surface area contributed by atoms with Gasteiger partial charge in [0.25, 0.3) is 5.56 Å². The second kappa shape index (κ2) is 7.22. The minimum atomic E-state index is -0.581. The van der Waals surface area contributed by atoms with Gasteiger partial charge in [0.15, 0.2) is 0 Å². The molecule has 0 atom stereocenters. The molecule has 2 aromatic heterocycles. The third kappa shape index (κ3) is 3.55. The summed E-state index contributed by atoms with van der Waals surface area (Å²) in [5, 5.41) is 5.82. The number of carbonyl (C=O) groups is 2. The second-order valence-electron chi connectivity index (χ2n) is 6.81. The van der Waals surface area contributed by atoms with E-state index in [2.05, 4.69) is 15.6 Å². The van der Waals surface area contributed by atoms with Crippen LogP contribution in [0, 0.1) is 0 Å². The topological polar surface area (TPSA) is 106 Å². The van der Waals surface area contributed by atoms with Crippen molar-refractivity contribution >= 4 is 34.0 Å². The van der Waals surface area contributed by atoms with Gasteiger partial charge in [0.2, 0.25) is 11.5 Å². The molecule has 140 valence electrons. The number of nitrogens with one attached hydrogen (secondary N) is 2. The summed E-state index contributed by atoms with van der Waals surface area (Å²) in [5.74, 6) is -0.581. The van der Waals surface area contributed by atoms with Crippen molar-refractivity contribution in [3.8, 4) is 0 Å². The maximum Gasteiger partial charge on any atom is 0.321 e. The molecule has 0 saturated heterocycles. The van der Waals surface area contributed by atoms with Crippen LogP contribution in [0.2, 0.25) is 0 Å². The largest absolute Gasteiger partial charge is 0.448 e. The molecular formula is C19H20N4O4. The Morgan fingerprint density at radius 2 is 1.96 bits per heavy atom. The van der Waals surface area contributed by atoms with Crippen molar-refractivity contribution in [1.29, 1.82) is 0 Å². The molecule has 0 spiro atoms. The molecule has 1 aliphatic carbocycles. The van der Waals surface area contributed by atoms with E-state index in [1.807, 2.05) is 18.2 Å². The fourth-order valence-electron chi connectivity index (χ4n) is 3.52. The fourth-order valence-corrected chi connectivity index (χ4v) is 3.52. The number of benzene rings is 1. The lowest BCUT2D eigenvalue weighted by Gasteiger charge is -2.22. The predicted octanol–water partition coefficient (Wildman–Crippen LogP) is 2.30. The van der Waals surface area contributed by atoms with Crippen LogP contribution in [0.1, 0.15) is 32.1 Å². The summed E-state index contributed by atoms with van der Waals surface area (Å²) in [6.45, 7) is -0.309. The minimum Gasteiger partial charge on any atom is -0.448 e. The Kier molecular flexibility index (Phi) is 4.62. The van der Waals surface area contributed by atoms with Crippen molar-refractivity contribution in [2.75, 3.05) is 0 Å². The van der Waals surface area contributed by atoms with E-state index in [-0.39, 0.29) is 18.2 Å². The number of furan rings is 1. The molecule has 0 unspecified atom stereocenters. The van der Waals surface area contributed by atoms with Crippen molar-refractivity contribution < 1.29 is 14.0 Å². The van der Waals surface area contributed by atoms with Crippen LogP contribution in [0.4, 0.5) is 4.79 Å². The Balaban J connectivity index is 1.47. The Labute approximate surface area is 154 Å². The third-order valence-electron chi connectivity index (χ3n) is 4.86. The molecule has 0 aliphatic heterocycles. The van der Waals surface area contributed by atoms with Crippen molar-refractivity contribution in [3.05, 3.63) is 40.9 Å². The fraction of sp³-hybridized carbons (Fsp3) is 0.368. The summed E-state index contributed by atoms with van der Waals surface area (Å²) >= 11 is 0. The van der Waals surface area contributed by atoms with Crippen LogP contribution in [-0.2, 0) is 11.3 Å². The maximum atomic E-state index is 12.6. The molecule has 1 fully saturated rings. The zero-order valence-corrected chi connectivity index (χ0v) is 14.7. The molecule has 27 heavy (non-hydrogen) atoms. The molecule has 4 rings (SSSR count). The molecule has 3 amide bonds. The van der Waals surface area contributed by atoms with Crippen LogP contribution in [0.5, 0.6) is 0 Å². The maximum absolute atomic E-state index is 12.6. The van der Waals surface area contributed by atoms with Gasteiger partial charge in [-0.15, -0.1) is 0 Å². The zero-order chi connectivity index (χ0) is 18.8. The number of amides is 3. The van der Waals surface area contributed by atoms with Crippen LogP contribution in [0.25, 0.3) is 22.1 Å². The lowest BCUT2D eigenvalue weighted by atomic mass is 9.96. The molecule has 1 aliphatic rings. The van der Waals surface area contributed by atoms with Crippen LogP contribution in [0.15, 0.2) is 39.8 Å². The minimum absolute atomic E-state index is 0.0955. The SMILES string of the molecule is O=C(Cn1cnc2c(oc3ccccc32)c1=O)NC(=O)NC1CCCCC1. The van der Waals surface area contributed by atoms with Crippen molar-refractivity contribution in [2.45, 2.75) is 44.7 Å². The van der Waals surface area contributed by atoms with Gasteiger partial charge in [-0.05, 0) is 25.0 Å². The molecule has 2 N–H and O–H groups in total. The number of aromatic nitrogens is 2. The van der Waals surface area contributed by atoms with Gasteiger partial charge >= 0.3 is 6.03 Å².